The minimum Gasteiger partial charge on any atom is -0.339 e. The first-order valence-corrected chi connectivity index (χ1v) is 7.31. The highest BCUT2D eigenvalue weighted by molar-refractivity contribution is 9.10. The summed E-state index contributed by atoms with van der Waals surface area (Å²) in [7, 11) is 0. The van der Waals surface area contributed by atoms with Crippen LogP contribution in [0.3, 0.4) is 0 Å². The zero-order chi connectivity index (χ0) is 13.1. The van der Waals surface area contributed by atoms with Gasteiger partial charge in [0.25, 0.3) is 0 Å². The molecule has 1 aromatic carbocycles. The number of anilines is 2. The van der Waals surface area contributed by atoms with Crippen LogP contribution < -0.4 is 5.32 Å². The van der Waals surface area contributed by atoms with Crippen LogP contribution in [-0.4, -0.2) is 9.97 Å². The molecule has 0 amide bonds. The van der Waals surface area contributed by atoms with Gasteiger partial charge in [0.05, 0.1) is 15.2 Å². The number of hydrogen-bond acceptors (Lipinski definition) is 3. The third-order valence-electron chi connectivity index (χ3n) is 2.27. The van der Waals surface area contributed by atoms with Crippen LogP contribution in [-0.2, 0) is 6.42 Å². The third kappa shape index (κ3) is 3.22. The quantitative estimate of drug-likeness (QED) is 0.752. The van der Waals surface area contributed by atoms with Crippen molar-refractivity contribution < 1.29 is 0 Å². The van der Waals surface area contributed by atoms with Crippen molar-refractivity contribution in [2.75, 3.05) is 5.32 Å². The number of nitrogens with one attached hydrogen (secondary N) is 1. The fourth-order valence-corrected chi connectivity index (χ4v) is 2.38. The van der Waals surface area contributed by atoms with E-state index >= 15 is 0 Å². The first-order valence-electron chi connectivity index (χ1n) is 5.34. The summed E-state index contributed by atoms with van der Waals surface area (Å²) in [6.45, 7) is 2.01. The molecule has 0 unspecified atom stereocenters. The summed E-state index contributed by atoms with van der Waals surface area (Å²) in [5.74, 6) is 1.52. The zero-order valence-electron chi connectivity index (χ0n) is 9.54. The topological polar surface area (TPSA) is 37.8 Å². The summed E-state index contributed by atoms with van der Waals surface area (Å²) in [6.07, 6.45) is 0.783. The molecule has 0 atom stereocenters. The van der Waals surface area contributed by atoms with Gasteiger partial charge in [-0.1, -0.05) is 24.6 Å². The first kappa shape index (κ1) is 13.8. The lowest BCUT2D eigenvalue weighted by Gasteiger charge is -2.10. The van der Waals surface area contributed by atoms with E-state index in [-0.39, 0.29) is 0 Å². The molecular formula is C12H10Br2ClN3. The van der Waals surface area contributed by atoms with Crippen LogP contribution in [0.15, 0.2) is 33.3 Å². The van der Waals surface area contributed by atoms with Crippen molar-refractivity contribution in [3.8, 4) is 0 Å². The number of aryl methyl sites for hydroxylation is 1. The van der Waals surface area contributed by atoms with E-state index in [0.29, 0.717) is 5.02 Å². The number of hydrogen-bond donors (Lipinski definition) is 1. The minimum atomic E-state index is 0.656. The summed E-state index contributed by atoms with van der Waals surface area (Å²) in [5, 5.41) is 3.87. The molecule has 0 saturated carbocycles. The second-order valence-electron chi connectivity index (χ2n) is 3.57. The molecule has 0 spiro atoms. The van der Waals surface area contributed by atoms with Crippen molar-refractivity contribution in [2.45, 2.75) is 13.3 Å². The standard InChI is InChI=1S/C12H10Br2ClN3/c1-2-10-17-9(13)6-11(18-10)16-8-5-3-4-7(15)12(8)14/h3-6H,2H2,1H3,(H,16,17,18). The zero-order valence-corrected chi connectivity index (χ0v) is 13.5. The van der Waals surface area contributed by atoms with Crippen LogP contribution in [0.25, 0.3) is 0 Å². The summed E-state index contributed by atoms with van der Waals surface area (Å²) >= 11 is 12.9. The summed E-state index contributed by atoms with van der Waals surface area (Å²) in [4.78, 5) is 8.66. The fourth-order valence-electron chi connectivity index (χ4n) is 1.43. The number of rotatable bonds is 3. The molecular weight excluding hydrogens is 381 g/mol. The fraction of sp³-hybridized carbons (Fsp3) is 0.167. The lowest BCUT2D eigenvalue weighted by molar-refractivity contribution is 0.931. The van der Waals surface area contributed by atoms with E-state index in [4.69, 9.17) is 11.6 Å². The molecule has 6 heteroatoms. The number of halogens is 3. The average molecular weight is 391 g/mol. The molecule has 0 aliphatic rings. The van der Waals surface area contributed by atoms with Gasteiger partial charge in [0, 0.05) is 12.5 Å². The van der Waals surface area contributed by atoms with Crippen LogP contribution >= 0.6 is 43.5 Å². The lowest BCUT2D eigenvalue weighted by Crippen LogP contribution is -2.00. The van der Waals surface area contributed by atoms with Crippen LogP contribution in [0.4, 0.5) is 11.5 Å². The van der Waals surface area contributed by atoms with Crippen molar-refractivity contribution in [1.29, 1.82) is 0 Å². The van der Waals surface area contributed by atoms with Gasteiger partial charge >= 0.3 is 0 Å². The second-order valence-corrected chi connectivity index (χ2v) is 5.58. The maximum atomic E-state index is 6.04. The summed E-state index contributed by atoms with van der Waals surface area (Å²) in [5.41, 5.74) is 0.871. The Bertz CT molecular complexity index is 575. The predicted octanol–water partition coefficient (Wildman–Crippen LogP) is 4.96. The highest BCUT2D eigenvalue weighted by atomic mass is 79.9. The Kier molecular flexibility index (Phi) is 4.59. The van der Waals surface area contributed by atoms with E-state index in [0.717, 1.165) is 32.8 Å². The largest absolute Gasteiger partial charge is 0.339 e. The van der Waals surface area contributed by atoms with E-state index in [1.165, 1.54) is 0 Å². The number of benzene rings is 1. The van der Waals surface area contributed by atoms with Crippen LogP contribution in [0, 0.1) is 0 Å². The molecule has 0 radical (unpaired) electrons. The van der Waals surface area contributed by atoms with Gasteiger partial charge in [-0.3, -0.25) is 0 Å². The van der Waals surface area contributed by atoms with E-state index in [2.05, 4.69) is 47.1 Å². The van der Waals surface area contributed by atoms with E-state index in [9.17, 15) is 0 Å². The normalized spacial score (nSPS) is 10.4. The molecule has 1 N–H and O–H groups in total. The predicted molar refractivity (Wildman–Crippen MR) is 81.5 cm³/mol. The Morgan fingerprint density at radius 3 is 2.78 bits per heavy atom. The minimum absolute atomic E-state index is 0.656. The van der Waals surface area contributed by atoms with Gasteiger partial charge in [0.15, 0.2) is 0 Å². The van der Waals surface area contributed by atoms with Gasteiger partial charge < -0.3 is 5.32 Å². The molecule has 0 bridgehead atoms. The molecule has 0 saturated heterocycles. The summed E-state index contributed by atoms with van der Waals surface area (Å²) < 4.78 is 1.58. The van der Waals surface area contributed by atoms with Gasteiger partial charge in [-0.25, -0.2) is 9.97 Å². The molecule has 18 heavy (non-hydrogen) atoms. The van der Waals surface area contributed by atoms with Crippen molar-refractivity contribution in [3.05, 3.63) is 44.2 Å². The first-order chi connectivity index (χ1) is 8.60. The third-order valence-corrected chi connectivity index (χ3v) is 4.08. The SMILES string of the molecule is CCc1nc(Br)cc(Nc2cccc(Cl)c2Br)n1. The lowest BCUT2D eigenvalue weighted by atomic mass is 10.3. The molecule has 1 heterocycles. The Labute approximate surface area is 127 Å². The number of nitrogens with zero attached hydrogens (tertiary/aromatic N) is 2. The maximum Gasteiger partial charge on any atom is 0.135 e. The van der Waals surface area contributed by atoms with Gasteiger partial charge in [-0.2, -0.15) is 0 Å². The molecule has 0 aliphatic carbocycles. The average Bonchev–Trinajstić information content (AvgIpc) is 2.34. The van der Waals surface area contributed by atoms with Gasteiger partial charge in [0.2, 0.25) is 0 Å². The maximum absolute atomic E-state index is 6.04. The van der Waals surface area contributed by atoms with Crippen molar-refractivity contribution >= 4 is 55.0 Å². The van der Waals surface area contributed by atoms with Crippen molar-refractivity contribution in [1.82, 2.24) is 9.97 Å². The van der Waals surface area contributed by atoms with Crippen molar-refractivity contribution in [2.24, 2.45) is 0 Å². The van der Waals surface area contributed by atoms with E-state index in [1.807, 2.05) is 31.2 Å². The smallest absolute Gasteiger partial charge is 0.135 e. The molecule has 2 aromatic rings. The van der Waals surface area contributed by atoms with Crippen LogP contribution in [0.1, 0.15) is 12.7 Å². The highest BCUT2D eigenvalue weighted by Gasteiger charge is 2.06. The molecule has 0 aliphatic heterocycles. The molecule has 94 valence electrons. The van der Waals surface area contributed by atoms with Gasteiger partial charge in [-0.05, 0) is 44.0 Å². The van der Waals surface area contributed by atoms with Crippen LogP contribution in [0.5, 0.6) is 0 Å². The second kappa shape index (κ2) is 5.99. The molecule has 2 rings (SSSR count). The van der Waals surface area contributed by atoms with Crippen molar-refractivity contribution in [3.63, 3.8) is 0 Å². The Morgan fingerprint density at radius 1 is 1.28 bits per heavy atom. The Balaban J connectivity index is 2.34. The van der Waals surface area contributed by atoms with E-state index in [1.54, 1.807) is 0 Å². The van der Waals surface area contributed by atoms with E-state index < -0.39 is 0 Å². The number of aromatic nitrogens is 2. The molecule has 0 fully saturated rings. The highest BCUT2D eigenvalue weighted by Crippen LogP contribution is 2.32. The Morgan fingerprint density at radius 2 is 2.06 bits per heavy atom. The molecule has 3 nitrogen and oxygen atoms in total. The summed E-state index contributed by atoms with van der Waals surface area (Å²) in [6, 6.07) is 7.46. The molecule has 1 aromatic heterocycles. The Hall–Kier alpha value is -0.650. The monoisotopic (exact) mass is 389 g/mol. The van der Waals surface area contributed by atoms with Crippen LogP contribution in [0.2, 0.25) is 5.02 Å². The van der Waals surface area contributed by atoms with Gasteiger partial charge in [-0.15, -0.1) is 0 Å². The van der Waals surface area contributed by atoms with Gasteiger partial charge in [0.1, 0.15) is 16.2 Å².